The molecule has 242 valence electrons. The maximum Gasteiger partial charge on any atom is 0.253 e. The second-order valence-corrected chi connectivity index (χ2v) is 11.7. The van der Waals surface area contributed by atoms with Crippen LogP contribution >= 0.6 is 0 Å². The molecule has 4 aromatic carbocycles. The first kappa shape index (κ1) is 30.6. The van der Waals surface area contributed by atoms with E-state index in [2.05, 4.69) is 50.3 Å². The van der Waals surface area contributed by atoms with E-state index in [0.29, 0.717) is 35.7 Å². The van der Waals surface area contributed by atoms with E-state index >= 15 is 0 Å². The molecule has 7 aromatic rings. The largest absolute Gasteiger partial charge is 0.497 e. The lowest BCUT2D eigenvalue weighted by atomic mass is 9.96. The van der Waals surface area contributed by atoms with Crippen LogP contribution in [0, 0.1) is 0 Å². The summed E-state index contributed by atoms with van der Waals surface area (Å²) < 4.78 is 13.4. The molecule has 0 aliphatic rings. The number of carbonyl (C=O) groups excluding carboxylic acids is 1. The number of fused-ring (bicyclic) bond motifs is 2. The van der Waals surface area contributed by atoms with Crippen molar-refractivity contribution in [3.63, 3.8) is 0 Å². The fourth-order valence-corrected chi connectivity index (χ4v) is 6.42. The van der Waals surface area contributed by atoms with Crippen molar-refractivity contribution >= 4 is 33.4 Å². The molecule has 0 aliphatic heterocycles. The van der Waals surface area contributed by atoms with Crippen LogP contribution in [0.15, 0.2) is 103 Å². The zero-order chi connectivity index (χ0) is 33.0. The number of aryl methyl sites for hydroxylation is 2. The van der Waals surface area contributed by atoms with Crippen LogP contribution in [0.1, 0.15) is 44.6 Å². The van der Waals surface area contributed by atoms with Crippen LogP contribution in [-0.2, 0) is 19.4 Å². The van der Waals surface area contributed by atoms with Gasteiger partial charge in [0.05, 0.1) is 32.2 Å². The lowest BCUT2D eigenvalue weighted by molar-refractivity contribution is 0.0953. The second-order valence-electron chi connectivity index (χ2n) is 11.7. The summed E-state index contributed by atoms with van der Waals surface area (Å²) in [7, 11) is 3.29. The molecule has 48 heavy (non-hydrogen) atoms. The number of anilines is 1. The fourth-order valence-electron chi connectivity index (χ4n) is 6.42. The van der Waals surface area contributed by atoms with E-state index in [0.717, 1.165) is 45.6 Å². The Labute approximate surface area is 277 Å². The highest BCUT2D eigenvalue weighted by Crippen LogP contribution is 2.33. The average molecular weight is 640 g/mol. The molecule has 0 radical (unpaired) electrons. The molecule has 1 amide bonds. The highest BCUT2D eigenvalue weighted by atomic mass is 16.5. The summed E-state index contributed by atoms with van der Waals surface area (Å²) in [5.41, 5.74) is 12.3. The molecule has 3 aromatic heterocycles. The molecule has 0 aliphatic carbocycles. The molecule has 5 N–H and O–H groups in total. The zero-order valence-corrected chi connectivity index (χ0v) is 26.9. The number of benzene rings is 4. The van der Waals surface area contributed by atoms with Crippen molar-refractivity contribution in [2.24, 2.45) is 0 Å². The summed E-state index contributed by atoms with van der Waals surface area (Å²) in [6.07, 6.45) is 5.49. The lowest BCUT2D eigenvalue weighted by Gasteiger charge is -2.20. The van der Waals surface area contributed by atoms with Gasteiger partial charge in [0, 0.05) is 64.5 Å². The van der Waals surface area contributed by atoms with Crippen LogP contribution in [0.25, 0.3) is 21.8 Å². The number of H-pyrrole nitrogens is 2. The number of nitrogens with zero attached hydrogens (tertiary/aromatic N) is 3. The van der Waals surface area contributed by atoms with Crippen molar-refractivity contribution in [2.45, 2.75) is 25.3 Å². The van der Waals surface area contributed by atoms with Gasteiger partial charge in [-0.1, -0.05) is 48.5 Å². The van der Waals surface area contributed by atoms with Gasteiger partial charge >= 0.3 is 0 Å². The topological polar surface area (TPSA) is 136 Å². The summed E-state index contributed by atoms with van der Waals surface area (Å²) in [5.74, 6) is 2.38. The Morgan fingerprint density at radius 2 is 1.56 bits per heavy atom. The summed E-state index contributed by atoms with van der Waals surface area (Å²) in [6.45, 7) is 0.729. The molecule has 1 unspecified atom stereocenters. The number of methoxy groups -OCH3 is 2. The van der Waals surface area contributed by atoms with E-state index in [9.17, 15) is 4.79 Å². The van der Waals surface area contributed by atoms with E-state index in [4.69, 9.17) is 25.4 Å². The normalized spacial score (nSPS) is 12.0. The van der Waals surface area contributed by atoms with Crippen LogP contribution in [0.4, 0.5) is 5.69 Å². The summed E-state index contributed by atoms with van der Waals surface area (Å²) in [6, 6.07) is 29.3. The number of nitrogen functional groups attached to an aromatic ring is 1. The number of aromatic amines is 2. The highest BCUT2D eigenvalue weighted by molar-refractivity contribution is 5.99. The Morgan fingerprint density at radius 3 is 2.35 bits per heavy atom. The van der Waals surface area contributed by atoms with Gasteiger partial charge < -0.3 is 35.1 Å². The molecule has 0 fully saturated rings. The van der Waals surface area contributed by atoms with Crippen molar-refractivity contribution in [3.8, 4) is 11.5 Å². The van der Waals surface area contributed by atoms with Gasteiger partial charge in [0.25, 0.3) is 5.91 Å². The smallest absolute Gasteiger partial charge is 0.253 e. The third kappa shape index (κ3) is 5.95. The van der Waals surface area contributed by atoms with Crippen molar-refractivity contribution in [1.29, 1.82) is 0 Å². The van der Waals surface area contributed by atoms with Gasteiger partial charge in [-0.3, -0.25) is 4.79 Å². The van der Waals surface area contributed by atoms with Crippen LogP contribution in [-0.4, -0.2) is 51.4 Å². The van der Waals surface area contributed by atoms with Crippen molar-refractivity contribution in [3.05, 3.63) is 137 Å². The number of carbonyl (C=O) groups is 1. The number of nitrogens with two attached hydrogens (primary N) is 1. The summed E-state index contributed by atoms with van der Waals surface area (Å²) in [5, 5.41) is 15.0. The fraction of sp³-hybridized carbons (Fsp3) is 0.184. The van der Waals surface area contributed by atoms with Gasteiger partial charge in [-0.25, -0.2) is 0 Å². The second kappa shape index (κ2) is 13.4. The number of hydrogen-bond acceptors (Lipinski definition) is 6. The van der Waals surface area contributed by atoms with Crippen molar-refractivity contribution in [1.82, 2.24) is 30.0 Å². The Kier molecular flexibility index (Phi) is 8.53. The van der Waals surface area contributed by atoms with Crippen molar-refractivity contribution < 1.29 is 14.3 Å². The number of hydrogen-bond donors (Lipinski definition) is 4. The third-order valence-electron chi connectivity index (χ3n) is 8.95. The molecular formula is C38H37N7O3. The maximum absolute atomic E-state index is 13.4. The van der Waals surface area contributed by atoms with E-state index in [1.807, 2.05) is 54.7 Å². The molecular weight excluding hydrogens is 602 g/mol. The number of rotatable bonds is 12. The van der Waals surface area contributed by atoms with E-state index in [1.165, 1.54) is 10.9 Å². The molecule has 3 heterocycles. The van der Waals surface area contributed by atoms with Gasteiger partial charge in [0.1, 0.15) is 23.1 Å². The van der Waals surface area contributed by atoms with E-state index in [-0.39, 0.29) is 18.4 Å². The quantitative estimate of drug-likeness (QED) is 0.117. The molecule has 10 nitrogen and oxygen atoms in total. The van der Waals surface area contributed by atoms with Crippen molar-refractivity contribution in [2.75, 3.05) is 26.5 Å². The number of para-hydroxylation sites is 3. The molecule has 0 spiro atoms. The Balaban J connectivity index is 1.30. The molecule has 1 atom stereocenters. The number of aromatic nitrogens is 5. The minimum absolute atomic E-state index is 0.250. The first-order chi connectivity index (χ1) is 23.5. The van der Waals surface area contributed by atoms with Gasteiger partial charge in [-0.15, -0.1) is 10.2 Å². The van der Waals surface area contributed by atoms with Crippen LogP contribution in [0.5, 0.6) is 11.5 Å². The molecule has 10 heteroatoms. The monoisotopic (exact) mass is 639 g/mol. The highest BCUT2D eigenvalue weighted by Gasteiger charge is 2.27. The van der Waals surface area contributed by atoms with Gasteiger partial charge in [0.15, 0.2) is 0 Å². The standard InChI is InChI=1S/C38H37N7O3/c1-47-26-17-15-25(35(19-26)48-2)23-45-36(18-16-24-20-40-33-13-7-4-9-27(24)33)43-44-37(45)31(30-21-41-34-14-8-5-10-28(30)34)22-42-38(46)29-11-3-6-12-32(29)39/h3-15,17,19-21,31,40-41H,16,18,22-23,39H2,1-2H3,(H,42,46). The molecule has 7 rings (SSSR count). The number of amides is 1. The predicted molar refractivity (Wildman–Crippen MR) is 188 cm³/mol. The first-order valence-electron chi connectivity index (χ1n) is 15.9. The predicted octanol–water partition coefficient (Wildman–Crippen LogP) is 6.24. The molecule has 0 bridgehead atoms. The zero-order valence-electron chi connectivity index (χ0n) is 26.9. The maximum atomic E-state index is 13.4. The Morgan fingerprint density at radius 1 is 0.833 bits per heavy atom. The average Bonchev–Trinajstić information content (AvgIpc) is 3.85. The van der Waals surface area contributed by atoms with Gasteiger partial charge in [-0.2, -0.15) is 0 Å². The minimum Gasteiger partial charge on any atom is -0.497 e. The van der Waals surface area contributed by atoms with E-state index < -0.39 is 0 Å². The third-order valence-corrected chi connectivity index (χ3v) is 8.95. The lowest BCUT2D eigenvalue weighted by Crippen LogP contribution is -2.31. The minimum atomic E-state index is -0.339. The van der Waals surface area contributed by atoms with Crippen LogP contribution < -0.4 is 20.5 Å². The van der Waals surface area contributed by atoms with Crippen LogP contribution in [0.3, 0.4) is 0 Å². The molecule has 0 saturated heterocycles. The van der Waals surface area contributed by atoms with Gasteiger partial charge in [-0.05, 0) is 53.9 Å². The van der Waals surface area contributed by atoms with Gasteiger partial charge in [0.2, 0.25) is 0 Å². The molecule has 0 saturated carbocycles. The SMILES string of the molecule is COc1ccc(Cn2c(CCc3c[nH]c4ccccc34)nnc2C(CNC(=O)c2ccccc2N)c2c[nH]c3ccccc23)c(OC)c1. The van der Waals surface area contributed by atoms with Crippen LogP contribution in [0.2, 0.25) is 0 Å². The Hall–Kier alpha value is -6.03. The Bertz CT molecular complexity index is 2210. The van der Waals surface area contributed by atoms with E-state index in [1.54, 1.807) is 32.4 Å². The summed E-state index contributed by atoms with van der Waals surface area (Å²) in [4.78, 5) is 20.2. The first-order valence-corrected chi connectivity index (χ1v) is 15.9. The number of ether oxygens (including phenoxy) is 2. The summed E-state index contributed by atoms with van der Waals surface area (Å²) >= 11 is 0. The number of nitrogens with one attached hydrogen (secondary N) is 3.